The summed E-state index contributed by atoms with van der Waals surface area (Å²) in [4.78, 5) is 0.248. The maximum Gasteiger partial charge on any atom is 0.129 e. The number of ether oxygens (including phenoxy) is 1. The zero-order chi connectivity index (χ0) is 12.6. The van der Waals surface area contributed by atoms with Gasteiger partial charge in [-0.2, -0.15) is 0 Å². The fraction of sp³-hybridized carbons (Fsp3) is 0.571. The van der Waals surface area contributed by atoms with Gasteiger partial charge in [0, 0.05) is 17.4 Å². The van der Waals surface area contributed by atoms with E-state index in [1.807, 2.05) is 26.0 Å². The second kappa shape index (κ2) is 5.07. The lowest BCUT2D eigenvalue weighted by molar-refractivity contribution is 0.105. The fourth-order valence-corrected chi connectivity index (χ4v) is 3.48. The molecule has 0 spiro atoms. The van der Waals surface area contributed by atoms with Crippen LogP contribution in [0.15, 0.2) is 12.1 Å². The van der Waals surface area contributed by atoms with Gasteiger partial charge in [0.05, 0.1) is 6.10 Å². The molecule has 94 valence electrons. The Balaban J connectivity index is 2.27. The summed E-state index contributed by atoms with van der Waals surface area (Å²) in [5.74, 6) is 0.378. The number of aryl methyl sites for hydroxylation is 2. The number of hydrogen-bond acceptors (Lipinski definition) is 1. The van der Waals surface area contributed by atoms with Gasteiger partial charge >= 0.3 is 0 Å². The fourth-order valence-electron chi connectivity index (χ4n) is 2.52. The minimum absolute atomic E-state index is 0.0934. The van der Waals surface area contributed by atoms with Crippen LogP contribution >= 0.6 is 15.9 Å². The molecule has 0 N–H and O–H groups in total. The van der Waals surface area contributed by atoms with Crippen LogP contribution in [0.4, 0.5) is 4.39 Å². The van der Waals surface area contributed by atoms with E-state index < -0.39 is 0 Å². The molecule has 1 aromatic carbocycles. The molecule has 1 saturated heterocycles. The topological polar surface area (TPSA) is 9.23 Å². The molecule has 1 nitrogen and oxygen atoms in total. The van der Waals surface area contributed by atoms with Gasteiger partial charge in [-0.25, -0.2) is 4.39 Å². The average Bonchev–Trinajstić information content (AvgIpc) is 2.70. The zero-order valence-electron chi connectivity index (χ0n) is 10.5. The number of halogens is 2. The van der Waals surface area contributed by atoms with Crippen molar-refractivity contribution in [3.05, 3.63) is 34.6 Å². The van der Waals surface area contributed by atoms with E-state index in [0.717, 1.165) is 29.7 Å². The number of alkyl halides is 1. The van der Waals surface area contributed by atoms with Crippen LogP contribution in [0, 0.1) is 25.6 Å². The second-order valence-corrected chi connectivity index (χ2v) is 5.89. The molecule has 1 aromatic rings. The molecule has 3 heteroatoms. The van der Waals surface area contributed by atoms with Gasteiger partial charge in [-0.3, -0.25) is 0 Å². The number of rotatable bonds is 2. The van der Waals surface area contributed by atoms with Crippen molar-refractivity contribution < 1.29 is 9.13 Å². The lowest BCUT2D eigenvalue weighted by Gasteiger charge is -2.21. The predicted octanol–water partition coefficient (Wildman–Crippen LogP) is 4.30. The molecular formula is C14H18BrFO. The SMILES string of the molecule is Cc1cc(C(Br)C2CCOC2C)cc(C)c1F. The summed E-state index contributed by atoms with van der Waals surface area (Å²) in [6.07, 6.45) is 1.33. The summed E-state index contributed by atoms with van der Waals surface area (Å²) < 4.78 is 19.2. The smallest absolute Gasteiger partial charge is 0.129 e. The molecule has 1 heterocycles. The van der Waals surface area contributed by atoms with Crippen LogP contribution in [0.3, 0.4) is 0 Å². The quantitative estimate of drug-likeness (QED) is 0.740. The summed E-state index contributed by atoms with van der Waals surface area (Å²) in [6, 6.07) is 3.87. The number of hydrogen-bond donors (Lipinski definition) is 0. The first-order chi connectivity index (χ1) is 8.00. The van der Waals surface area contributed by atoms with Crippen LogP contribution in [0.25, 0.3) is 0 Å². The summed E-state index contributed by atoms with van der Waals surface area (Å²) >= 11 is 3.74. The summed E-state index contributed by atoms with van der Waals surface area (Å²) in [6.45, 7) is 6.57. The Hall–Kier alpha value is -0.410. The van der Waals surface area contributed by atoms with Crippen molar-refractivity contribution in [1.82, 2.24) is 0 Å². The van der Waals surface area contributed by atoms with E-state index in [-0.39, 0.29) is 16.7 Å². The Morgan fingerprint density at radius 2 is 1.94 bits per heavy atom. The molecule has 17 heavy (non-hydrogen) atoms. The Labute approximate surface area is 110 Å². The zero-order valence-corrected chi connectivity index (χ0v) is 12.1. The van der Waals surface area contributed by atoms with Crippen molar-refractivity contribution >= 4 is 15.9 Å². The monoisotopic (exact) mass is 300 g/mol. The van der Waals surface area contributed by atoms with E-state index in [9.17, 15) is 4.39 Å². The van der Waals surface area contributed by atoms with Crippen molar-refractivity contribution in [2.75, 3.05) is 6.61 Å². The normalized spacial score (nSPS) is 26.2. The van der Waals surface area contributed by atoms with Crippen LogP contribution in [-0.2, 0) is 4.74 Å². The van der Waals surface area contributed by atoms with Crippen molar-refractivity contribution in [2.45, 2.75) is 38.1 Å². The van der Waals surface area contributed by atoms with Gasteiger partial charge in [-0.15, -0.1) is 0 Å². The molecule has 0 saturated carbocycles. The minimum atomic E-state index is -0.0934. The van der Waals surface area contributed by atoms with E-state index in [0.29, 0.717) is 5.92 Å². The summed E-state index contributed by atoms with van der Waals surface area (Å²) in [5, 5.41) is 0. The minimum Gasteiger partial charge on any atom is -0.378 e. The van der Waals surface area contributed by atoms with Crippen LogP contribution in [0.1, 0.15) is 34.9 Å². The number of benzene rings is 1. The molecule has 0 amide bonds. The molecule has 1 aliphatic heterocycles. The molecule has 0 bridgehead atoms. The molecule has 3 unspecified atom stereocenters. The first-order valence-corrected chi connectivity index (χ1v) is 6.94. The van der Waals surface area contributed by atoms with Crippen LogP contribution in [0.5, 0.6) is 0 Å². The standard InChI is InChI=1S/C14H18BrFO/c1-8-6-11(7-9(2)14(8)16)13(15)12-4-5-17-10(12)3/h6-7,10,12-13H,4-5H2,1-3H3. The highest BCUT2D eigenvalue weighted by atomic mass is 79.9. The van der Waals surface area contributed by atoms with Crippen LogP contribution in [0.2, 0.25) is 0 Å². The summed E-state index contributed by atoms with van der Waals surface area (Å²) in [7, 11) is 0. The van der Waals surface area contributed by atoms with Crippen LogP contribution < -0.4 is 0 Å². The lowest BCUT2D eigenvalue weighted by Crippen LogP contribution is -2.16. The Morgan fingerprint density at radius 1 is 1.35 bits per heavy atom. The lowest BCUT2D eigenvalue weighted by atomic mass is 9.92. The predicted molar refractivity (Wildman–Crippen MR) is 71.1 cm³/mol. The van der Waals surface area contributed by atoms with Gasteiger partial charge in [-0.1, -0.05) is 28.1 Å². The Morgan fingerprint density at radius 3 is 2.41 bits per heavy atom. The van der Waals surface area contributed by atoms with Gasteiger partial charge in [0.1, 0.15) is 5.82 Å². The highest BCUT2D eigenvalue weighted by Crippen LogP contribution is 2.40. The molecule has 2 rings (SSSR count). The molecule has 1 fully saturated rings. The van der Waals surface area contributed by atoms with Gasteiger partial charge in [0.2, 0.25) is 0 Å². The molecule has 0 aromatic heterocycles. The van der Waals surface area contributed by atoms with E-state index in [1.165, 1.54) is 0 Å². The molecule has 3 atom stereocenters. The molecule has 0 aliphatic carbocycles. The highest BCUT2D eigenvalue weighted by Gasteiger charge is 2.31. The van der Waals surface area contributed by atoms with E-state index >= 15 is 0 Å². The molecular weight excluding hydrogens is 283 g/mol. The van der Waals surface area contributed by atoms with Crippen molar-refractivity contribution in [1.29, 1.82) is 0 Å². The Bertz CT molecular complexity index is 396. The van der Waals surface area contributed by atoms with Gasteiger partial charge < -0.3 is 4.74 Å². The highest BCUT2D eigenvalue weighted by molar-refractivity contribution is 9.09. The largest absolute Gasteiger partial charge is 0.378 e. The third-order valence-electron chi connectivity index (χ3n) is 3.59. The van der Waals surface area contributed by atoms with Gasteiger partial charge in [0.15, 0.2) is 0 Å². The van der Waals surface area contributed by atoms with Crippen molar-refractivity contribution in [3.63, 3.8) is 0 Å². The van der Waals surface area contributed by atoms with E-state index in [4.69, 9.17) is 4.74 Å². The first-order valence-electron chi connectivity index (χ1n) is 6.03. The molecule has 0 radical (unpaired) electrons. The van der Waals surface area contributed by atoms with Crippen molar-refractivity contribution in [3.8, 4) is 0 Å². The summed E-state index contributed by atoms with van der Waals surface area (Å²) in [5.41, 5.74) is 2.59. The third-order valence-corrected chi connectivity index (χ3v) is 4.80. The average molecular weight is 301 g/mol. The van der Waals surface area contributed by atoms with Gasteiger partial charge in [-0.05, 0) is 43.9 Å². The van der Waals surface area contributed by atoms with Crippen molar-refractivity contribution in [2.24, 2.45) is 5.92 Å². The maximum atomic E-state index is 13.6. The van der Waals surface area contributed by atoms with E-state index in [2.05, 4.69) is 22.9 Å². The molecule has 1 aliphatic rings. The maximum absolute atomic E-state index is 13.6. The van der Waals surface area contributed by atoms with Gasteiger partial charge in [0.25, 0.3) is 0 Å². The third kappa shape index (κ3) is 2.55. The van der Waals surface area contributed by atoms with Crippen LogP contribution in [-0.4, -0.2) is 12.7 Å². The first kappa shape index (κ1) is 13.0. The Kier molecular flexibility index (Phi) is 3.88. The second-order valence-electron chi connectivity index (χ2n) is 4.90. The van der Waals surface area contributed by atoms with E-state index in [1.54, 1.807) is 0 Å².